The summed E-state index contributed by atoms with van der Waals surface area (Å²) < 4.78 is 11.5. The van der Waals surface area contributed by atoms with Crippen LogP contribution in [-0.2, 0) is 27.4 Å². The molecule has 12 nitrogen and oxygen atoms in total. The lowest BCUT2D eigenvalue weighted by atomic mass is 10.1. The number of pyridine rings is 1. The van der Waals surface area contributed by atoms with Crippen LogP contribution in [0.3, 0.4) is 0 Å². The summed E-state index contributed by atoms with van der Waals surface area (Å²) in [6.07, 6.45) is 1.28. The van der Waals surface area contributed by atoms with Crippen LogP contribution in [0.15, 0.2) is 34.2 Å². The van der Waals surface area contributed by atoms with Gasteiger partial charge in [-0.15, -0.1) is 0 Å². The van der Waals surface area contributed by atoms with E-state index in [4.69, 9.17) is 9.47 Å². The van der Waals surface area contributed by atoms with Gasteiger partial charge in [-0.3, -0.25) is 19.7 Å². The van der Waals surface area contributed by atoms with Crippen LogP contribution < -0.4 is 15.9 Å². The number of nitrogens with zero attached hydrogens (tertiary/aromatic N) is 5. The third kappa shape index (κ3) is 5.64. The Balaban J connectivity index is 1.72. The van der Waals surface area contributed by atoms with Crippen molar-refractivity contribution in [3.8, 4) is 6.07 Å². The van der Waals surface area contributed by atoms with Crippen LogP contribution in [0, 0.1) is 28.4 Å². The molecule has 1 aliphatic rings. The highest BCUT2D eigenvalue weighted by atomic mass is 16.6. The van der Waals surface area contributed by atoms with Crippen LogP contribution in [0.25, 0.3) is 0 Å². The number of nitro groups is 1. The van der Waals surface area contributed by atoms with Crippen molar-refractivity contribution in [2.75, 3.05) is 38.3 Å². The largest absolute Gasteiger partial charge is 0.380 e. The van der Waals surface area contributed by atoms with Gasteiger partial charge >= 0.3 is 0 Å². The Labute approximate surface area is 195 Å². The molecule has 0 bridgehead atoms. The molecule has 1 saturated heterocycles. The van der Waals surface area contributed by atoms with Crippen molar-refractivity contribution in [1.82, 2.24) is 9.99 Å². The molecule has 1 N–H and O–H groups in total. The van der Waals surface area contributed by atoms with E-state index in [0.717, 1.165) is 0 Å². The molecular formula is C22H24N6O6. The van der Waals surface area contributed by atoms with Crippen molar-refractivity contribution in [3.63, 3.8) is 0 Å². The molecule has 2 heterocycles. The maximum atomic E-state index is 12.6. The van der Waals surface area contributed by atoms with Crippen LogP contribution in [0.1, 0.15) is 22.4 Å². The van der Waals surface area contributed by atoms with Gasteiger partial charge < -0.3 is 18.9 Å². The normalized spacial score (nSPS) is 13.6. The second kappa shape index (κ2) is 11.2. The molecule has 0 radical (unpaired) electrons. The first kappa shape index (κ1) is 24.6. The van der Waals surface area contributed by atoms with Gasteiger partial charge in [0.25, 0.3) is 17.2 Å². The number of aryl methyl sites for hydroxylation is 1. The van der Waals surface area contributed by atoms with Gasteiger partial charge in [0.05, 0.1) is 31.0 Å². The van der Waals surface area contributed by atoms with Crippen LogP contribution in [0.2, 0.25) is 0 Å². The lowest BCUT2D eigenvalue weighted by Crippen LogP contribution is -2.36. The first-order chi connectivity index (χ1) is 16.3. The van der Waals surface area contributed by atoms with Crippen molar-refractivity contribution >= 4 is 23.5 Å². The quantitative estimate of drug-likeness (QED) is 0.343. The fourth-order valence-corrected chi connectivity index (χ4v) is 3.62. The number of hydrazone groups is 1. The van der Waals surface area contributed by atoms with E-state index in [1.807, 2.05) is 11.0 Å². The zero-order valence-corrected chi connectivity index (χ0v) is 18.8. The topological polar surface area (TPSA) is 152 Å². The molecule has 0 aliphatic carbocycles. The lowest BCUT2D eigenvalue weighted by Gasteiger charge is -2.28. The van der Waals surface area contributed by atoms with Crippen LogP contribution >= 0.6 is 0 Å². The Bertz CT molecular complexity index is 1210. The van der Waals surface area contributed by atoms with E-state index in [0.29, 0.717) is 48.8 Å². The Morgan fingerprint density at radius 2 is 2.12 bits per heavy atom. The summed E-state index contributed by atoms with van der Waals surface area (Å²) in [7, 11) is 1.46. The van der Waals surface area contributed by atoms with E-state index in [1.54, 1.807) is 25.1 Å². The van der Waals surface area contributed by atoms with Crippen LogP contribution in [0.4, 0.5) is 11.4 Å². The number of anilines is 1. The summed E-state index contributed by atoms with van der Waals surface area (Å²) in [4.78, 5) is 37.9. The first-order valence-corrected chi connectivity index (χ1v) is 10.4. The standard InChI is InChI=1S/C22H24N6O6/c1-15-9-17(14-33-2)18(11-23)22(30)27(15)13-21(29)25-24-12-16-3-4-19(20(10-16)28(31)32)26-5-7-34-8-6-26/h3-4,9-10,12H,5-8,13-14H2,1-2H3,(H,25,29)/b24-12-. The highest BCUT2D eigenvalue weighted by molar-refractivity contribution is 5.85. The number of carbonyl (C=O) groups is 1. The van der Waals surface area contributed by atoms with Crippen molar-refractivity contribution in [1.29, 1.82) is 5.26 Å². The van der Waals surface area contributed by atoms with Gasteiger partial charge in [-0.25, -0.2) is 5.43 Å². The molecule has 0 unspecified atom stereocenters. The molecule has 1 fully saturated rings. The molecule has 12 heteroatoms. The Morgan fingerprint density at radius 1 is 1.38 bits per heavy atom. The average molecular weight is 468 g/mol. The molecular weight excluding hydrogens is 444 g/mol. The Hall–Kier alpha value is -4.08. The van der Waals surface area contributed by atoms with Crippen molar-refractivity contribution in [3.05, 3.63) is 67.1 Å². The second-order valence-corrected chi connectivity index (χ2v) is 7.52. The van der Waals surface area contributed by atoms with Crippen molar-refractivity contribution < 1.29 is 19.2 Å². The summed E-state index contributed by atoms with van der Waals surface area (Å²) in [5, 5.41) is 24.7. The molecule has 0 atom stereocenters. The number of benzene rings is 1. The number of nitrogens with one attached hydrogen (secondary N) is 1. The smallest absolute Gasteiger partial charge is 0.293 e. The number of nitro benzene ring substituents is 1. The summed E-state index contributed by atoms with van der Waals surface area (Å²) in [6.45, 7) is 3.52. The van der Waals surface area contributed by atoms with Gasteiger partial charge in [-0.1, -0.05) is 6.07 Å². The SMILES string of the molecule is COCc1cc(C)n(CC(=O)N/N=C\c2ccc(N3CCOCC3)c([N+](=O)[O-])c2)c(=O)c1C#N. The maximum absolute atomic E-state index is 12.6. The number of rotatable bonds is 8. The molecule has 0 saturated carbocycles. The monoisotopic (exact) mass is 468 g/mol. The number of hydrogen-bond acceptors (Lipinski definition) is 9. The third-order valence-electron chi connectivity index (χ3n) is 5.25. The predicted molar refractivity (Wildman–Crippen MR) is 123 cm³/mol. The fourth-order valence-electron chi connectivity index (χ4n) is 3.62. The number of hydrogen-bond donors (Lipinski definition) is 1. The first-order valence-electron chi connectivity index (χ1n) is 10.4. The average Bonchev–Trinajstić information content (AvgIpc) is 2.82. The predicted octanol–water partition coefficient (Wildman–Crippen LogP) is 1.07. The number of nitriles is 1. The zero-order valence-electron chi connectivity index (χ0n) is 18.8. The van der Waals surface area contributed by atoms with Crippen molar-refractivity contribution in [2.24, 2.45) is 5.10 Å². The summed E-state index contributed by atoms with van der Waals surface area (Å²) in [5.41, 5.74) is 3.41. The van der Waals surface area contributed by atoms with E-state index in [1.165, 1.54) is 24.0 Å². The second-order valence-electron chi connectivity index (χ2n) is 7.52. The van der Waals surface area contributed by atoms with Gasteiger partial charge in [-0.2, -0.15) is 10.4 Å². The Kier molecular flexibility index (Phi) is 8.07. The lowest BCUT2D eigenvalue weighted by molar-refractivity contribution is -0.384. The number of morpholine rings is 1. The molecule has 178 valence electrons. The Morgan fingerprint density at radius 3 is 2.76 bits per heavy atom. The number of methoxy groups -OCH3 is 1. The van der Waals surface area contributed by atoms with Gasteiger partial charge in [0.15, 0.2) is 0 Å². The van der Waals surface area contributed by atoms with E-state index in [9.17, 15) is 25.0 Å². The minimum absolute atomic E-state index is 0.0699. The molecule has 3 rings (SSSR count). The van der Waals surface area contributed by atoms with E-state index >= 15 is 0 Å². The van der Waals surface area contributed by atoms with Gasteiger partial charge in [-0.05, 0) is 19.1 Å². The maximum Gasteiger partial charge on any atom is 0.293 e. The molecule has 1 amide bonds. The number of ether oxygens (including phenoxy) is 2. The highest BCUT2D eigenvalue weighted by Crippen LogP contribution is 2.29. The number of amides is 1. The molecule has 1 aromatic heterocycles. The number of carbonyl (C=O) groups excluding carboxylic acids is 1. The van der Waals surface area contributed by atoms with Crippen molar-refractivity contribution in [2.45, 2.75) is 20.1 Å². The molecule has 34 heavy (non-hydrogen) atoms. The summed E-state index contributed by atoms with van der Waals surface area (Å²) in [6, 6.07) is 8.16. The minimum atomic E-state index is -0.594. The molecule has 1 aromatic carbocycles. The van der Waals surface area contributed by atoms with Gasteiger partial charge in [0, 0.05) is 43.1 Å². The van der Waals surface area contributed by atoms with Gasteiger partial charge in [0.2, 0.25) is 0 Å². The fraction of sp³-hybridized carbons (Fsp3) is 0.364. The number of aromatic nitrogens is 1. The zero-order chi connectivity index (χ0) is 24.7. The van der Waals surface area contributed by atoms with Crippen LogP contribution in [0.5, 0.6) is 0 Å². The third-order valence-corrected chi connectivity index (χ3v) is 5.25. The van der Waals surface area contributed by atoms with E-state index < -0.39 is 16.4 Å². The summed E-state index contributed by atoms with van der Waals surface area (Å²) in [5.74, 6) is -0.593. The van der Waals surface area contributed by atoms with E-state index in [-0.39, 0.29) is 24.4 Å². The highest BCUT2D eigenvalue weighted by Gasteiger charge is 2.21. The van der Waals surface area contributed by atoms with Crippen LogP contribution in [-0.4, -0.2) is 55.0 Å². The minimum Gasteiger partial charge on any atom is -0.380 e. The molecule has 2 aromatic rings. The van der Waals surface area contributed by atoms with E-state index in [2.05, 4.69) is 10.5 Å². The summed E-state index contributed by atoms with van der Waals surface area (Å²) >= 11 is 0. The molecule has 0 spiro atoms. The molecule has 1 aliphatic heterocycles. The van der Waals surface area contributed by atoms with Gasteiger partial charge in [0.1, 0.15) is 23.9 Å².